The molecule has 11 heavy (non-hydrogen) atoms. The molecule has 0 amide bonds. The van der Waals surface area contributed by atoms with E-state index in [1.54, 1.807) is 0 Å². The first-order valence-electron chi connectivity index (χ1n) is 3.96. The minimum absolute atomic E-state index is 0.192. The lowest BCUT2D eigenvalue weighted by atomic mass is 9.81. The van der Waals surface area contributed by atoms with Gasteiger partial charge in [-0.25, -0.2) is 0 Å². The van der Waals surface area contributed by atoms with Gasteiger partial charge in [-0.05, 0) is 26.7 Å². The largest absolute Gasteiger partial charge is 0.369 e. The number of epoxide rings is 1. The molecule has 2 rings (SSSR count). The molecule has 0 radical (unpaired) electrons. The number of alkyl halides is 2. The summed E-state index contributed by atoms with van der Waals surface area (Å²) in [6.45, 7) is 4.47. The molecule has 2 aliphatic rings. The monoisotopic (exact) mass is 282 g/mol. The molecule has 4 atom stereocenters. The SMILES string of the molecule is CC1(Br)CC2OC2CC1(C)Br. The van der Waals surface area contributed by atoms with E-state index in [1.165, 1.54) is 0 Å². The summed E-state index contributed by atoms with van der Waals surface area (Å²) >= 11 is 7.51. The molecule has 2 fully saturated rings. The summed E-state index contributed by atoms with van der Waals surface area (Å²) < 4.78 is 5.87. The summed E-state index contributed by atoms with van der Waals surface area (Å²) in [4.78, 5) is 0. The number of fused-ring (bicyclic) bond motifs is 1. The zero-order valence-electron chi connectivity index (χ0n) is 6.73. The summed E-state index contributed by atoms with van der Waals surface area (Å²) in [5, 5.41) is 0. The first kappa shape index (κ1) is 8.52. The maximum absolute atomic E-state index is 5.49. The van der Waals surface area contributed by atoms with Crippen molar-refractivity contribution in [2.45, 2.75) is 47.5 Å². The molecule has 0 aromatic rings. The fraction of sp³-hybridized carbons (Fsp3) is 1.00. The average Bonchev–Trinajstić information content (AvgIpc) is 2.42. The van der Waals surface area contributed by atoms with E-state index in [-0.39, 0.29) is 8.65 Å². The Labute approximate surface area is 84.1 Å². The molecule has 1 nitrogen and oxygen atoms in total. The molecule has 1 aliphatic heterocycles. The third-order valence-electron chi connectivity index (χ3n) is 2.94. The van der Waals surface area contributed by atoms with Crippen molar-refractivity contribution in [3.63, 3.8) is 0 Å². The highest BCUT2D eigenvalue weighted by Gasteiger charge is 2.57. The predicted molar refractivity (Wildman–Crippen MR) is 52.6 cm³/mol. The topological polar surface area (TPSA) is 12.5 Å². The van der Waals surface area contributed by atoms with Gasteiger partial charge in [0.2, 0.25) is 0 Å². The van der Waals surface area contributed by atoms with Crippen LogP contribution in [0, 0.1) is 0 Å². The number of hydrogen-bond acceptors (Lipinski definition) is 1. The maximum atomic E-state index is 5.49. The number of hydrogen-bond donors (Lipinski definition) is 0. The number of halogens is 2. The van der Waals surface area contributed by atoms with Gasteiger partial charge < -0.3 is 4.74 Å². The van der Waals surface area contributed by atoms with E-state index in [1.807, 2.05) is 0 Å². The fourth-order valence-electron chi connectivity index (χ4n) is 1.72. The van der Waals surface area contributed by atoms with Crippen molar-refractivity contribution < 1.29 is 4.74 Å². The van der Waals surface area contributed by atoms with E-state index < -0.39 is 0 Å². The second-order valence-electron chi connectivity index (χ2n) is 4.02. The first-order valence-corrected chi connectivity index (χ1v) is 5.54. The molecule has 1 aliphatic carbocycles. The van der Waals surface area contributed by atoms with Gasteiger partial charge in [0.15, 0.2) is 0 Å². The average molecular weight is 284 g/mol. The summed E-state index contributed by atoms with van der Waals surface area (Å²) in [5.74, 6) is 0. The third kappa shape index (κ3) is 1.29. The van der Waals surface area contributed by atoms with Gasteiger partial charge in [-0.3, -0.25) is 0 Å². The van der Waals surface area contributed by atoms with Gasteiger partial charge >= 0.3 is 0 Å². The Hall–Kier alpha value is 0.920. The fourth-order valence-corrected chi connectivity index (χ4v) is 2.68. The van der Waals surface area contributed by atoms with E-state index in [0.29, 0.717) is 12.2 Å². The Morgan fingerprint density at radius 3 is 1.82 bits per heavy atom. The van der Waals surface area contributed by atoms with Crippen LogP contribution in [0.2, 0.25) is 0 Å². The third-order valence-corrected chi connectivity index (χ3v) is 5.87. The Morgan fingerprint density at radius 1 is 1.09 bits per heavy atom. The molecule has 1 heterocycles. The van der Waals surface area contributed by atoms with Crippen LogP contribution in [0.4, 0.5) is 0 Å². The molecule has 0 N–H and O–H groups in total. The second kappa shape index (κ2) is 2.24. The maximum Gasteiger partial charge on any atom is 0.0856 e. The molecule has 0 aromatic carbocycles. The molecule has 1 saturated heterocycles. The summed E-state index contributed by atoms with van der Waals surface area (Å²) in [5.41, 5.74) is 0. The van der Waals surface area contributed by atoms with Crippen LogP contribution in [0.1, 0.15) is 26.7 Å². The number of rotatable bonds is 0. The number of ether oxygens (including phenoxy) is 1. The van der Waals surface area contributed by atoms with Crippen LogP contribution in [-0.4, -0.2) is 20.9 Å². The van der Waals surface area contributed by atoms with Crippen molar-refractivity contribution in [1.29, 1.82) is 0 Å². The Kier molecular flexibility index (Phi) is 1.73. The first-order chi connectivity index (χ1) is 4.92. The van der Waals surface area contributed by atoms with Gasteiger partial charge in [0, 0.05) is 8.65 Å². The predicted octanol–water partition coefficient (Wildman–Crippen LogP) is 2.85. The molecule has 3 heteroatoms. The summed E-state index contributed by atoms with van der Waals surface area (Å²) in [6, 6.07) is 0. The van der Waals surface area contributed by atoms with Crippen molar-refractivity contribution in [2.24, 2.45) is 0 Å². The van der Waals surface area contributed by atoms with Crippen molar-refractivity contribution in [3.05, 3.63) is 0 Å². The van der Waals surface area contributed by atoms with Gasteiger partial charge in [0.1, 0.15) is 0 Å². The van der Waals surface area contributed by atoms with Crippen LogP contribution in [0.5, 0.6) is 0 Å². The summed E-state index contributed by atoms with van der Waals surface area (Å²) in [6.07, 6.45) is 3.31. The smallest absolute Gasteiger partial charge is 0.0856 e. The minimum atomic E-state index is 0.192. The molecule has 0 bridgehead atoms. The lowest BCUT2D eigenvalue weighted by Crippen LogP contribution is -2.45. The van der Waals surface area contributed by atoms with E-state index in [4.69, 9.17) is 4.74 Å². The van der Waals surface area contributed by atoms with Gasteiger partial charge in [-0.2, -0.15) is 0 Å². The van der Waals surface area contributed by atoms with Gasteiger partial charge in [-0.1, -0.05) is 31.9 Å². The molecular weight excluding hydrogens is 272 g/mol. The molecule has 64 valence electrons. The van der Waals surface area contributed by atoms with Crippen molar-refractivity contribution in [2.75, 3.05) is 0 Å². The van der Waals surface area contributed by atoms with E-state index >= 15 is 0 Å². The Balaban J connectivity index is 2.19. The standard InChI is InChI=1S/C8H12Br2O/c1-7(9)3-5-6(11-5)4-8(7,2)10/h5-6H,3-4H2,1-2H3. The van der Waals surface area contributed by atoms with Crippen LogP contribution in [-0.2, 0) is 4.74 Å². The molecule has 0 spiro atoms. The van der Waals surface area contributed by atoms with Gasteiger partial charge in [0.25, 0.3) is 0 Å². The lowest BCUT2D eigenvalue weighted by Gasteiger charge is -2.40. The van der Waals surface area contributed by atoms with Crippen LogP contribution < -0.4 is 0 Å². The summed E-state index contributed by atoms with van der Waals surface area (Å²) in [7, 11) is 0. The van der Waals surface area contributed by atoms with E-state index in [9.17, 15) is 0 Å². The minimum Gasteiger partial charge on any atom is -0.369 e. The van der Waals surface area contributed by atoms with Crippen LogP contribution in [0.3, 0.4) is 0 Å². The van der Waals surface area contributed by atoms with E-state index in [0.717, 1.165) is 12.8 Å². The molecule has 1 saturated carbocycles. The lowest BCUT2D eigenvalue weighted by molar-refractivity contribution is 0.370. The van der Waals surface area contributed by atoms with Crippen molar-refractivity contribution >= 4 is 31.9 Å². The van der Waals surface area contributed by atoms with Crippen molar-refractivity contribution in [1.82, 2.24) is 0 Å². The zero-order valence-corrected chi connectivity index (χ0v) is 9.91. The molecular formula is C8H12Br2O. The van der Waals surface area contributed by atoms with Crippen LogP contribution >= 0.6 is 31.9 Å². The van der Waals surface area contributed by atoms with Crippen molar-refractivity contribution in [3.8, 4) is 0 Å². The quantitative estimate of drug-likeness (QED) is 0.492. The normalized spacial score (nSPS) is 62.2. The molecule has 0 aromatic heterocycles. The zero-order chi connectivity index (χ0) is 8.28. The Bertz CT molecular complexity index is 169. The highest BCUT2D eigenvalue weighted by Crippen LogP contribution is 2.54. The van der Waals surface area contributed by atoms with Gasteiger partial charge in [0.05, 0.1) is 12.2 Å². The Morgan fingerprint density at radius 2 is 1.45 bits per heavy atom. The van der Waals surface area contributed by atoms with Gasteiger partial charge in [-0.15, -0.1) is 0 Å². The highest BCUT2D eigenvalue weighted by molar-refractivity contribution is 9.13. The van der Waals surface area contributed by atoms with Crippen LogP contribution in [0.25, 0.3) is 0 Å². The molecule has 4 unspecified atom stereocenters. The van der Waals surface area contributed by atoms with Crippen LogP contribution in [0.15, 0.2) is 0 Å². The van der Waals surface area contributed by atoms with E-state index in [2.05, 4.69) is 45.7 Å². The second-order valence-corrected chi connectivity index (χ2v) is 7.52. The highest BCUT2D eigenvalue weighted by atomic mass is 79.9.